The third-order valence-electron chi connectivity index (χ3n) is 3.74. The van der Waals surface area contributed by atoms with Crippen LogP contribution in [0.2, 0.25) is 0 Å². The second-order valence-corrected chi connectivity index (χ2v) is 5.88. The molecule has 1 aliphatic heterocycles. The summed E-state index contributed by atoms with van der Waals surface area (Å²) in [6.45, 7) is 4.58. The van der Waals surface area contributed by atoms with Crippen molar-refractivity contribution in [2.24, 2.45) is 5.92 Å². The van der Waals surface area contributed by atoms with E-state index in [0.717, 1.165) is 18.5 Å². The van der Waals surface area contributed by atoms with Gasteiger partial charge >= 0.3 is 6.03 Å². The van der Waals surface area contributed by atoms with Crippen molar-refractivity contribution in [2.45, 2.75) is 45.2 Å². The number of carbonyl (C=O) groups excluding carboxylic acids is 2. The average molecular weight is 277 g/mol. The predicted octanol–water partition coefficient (Wildman–Crippen LogP) is 0.732. The van der Waals surface area contributed by atoms with Gasteiger partial charge in [0.25, 0.3) is 5.91 Å². The summed E-state index contributed by atoms with van der Waals surface area (Å²) in [6.07, 6.45) is 4.46. The lowest BCUT2D eigenvalue weighted by atomic mass is 10.1. The number of rotatable bonds is 5. The lowest BCUT2D eigenvalue weighted by molar-refractivity contribution is -0.127. The molecule has 108 valence electrons. The molecule has 1 aromatic heterocycles. The van der Waals surface area contributed by atoms with Crippen LogP contribution < -0.4 is 5.32 Å². The zero-order valence-corrected chi connectivity index (χ0v) is 11.7. The molecule has 3 amide bonds. The van der Waals surface area contributed by atoms with Gasteiger partial charge in [-0.3, -0.25) is 9.69 Å². The van der Waals surface area contributed by atoms with Crippen molar-refractivity contribution in [1.29, 1.82) is 0 Å². The lowest BCUT2D eigenvalue weighted by Crippen LogP contribution is -2.33. The van der Waals surface area contributed by atoms with Gasteiger partial charge in [0.15, 0.2) is 0 Å². The Kier molecular flexibility index (Phi) is 3.19. The standard InChI is InChI=1S/C13H19N5O2/c1-8(2)18-7-10(15-16-18)5-11-12(19)17(13(20)14-11)6-9-3-4-9/h7-9,11H,3-6H2,1-2H3,(H,14,20)/t11-/m1/s1. The summed E-state index contributed by atoms with van der Waals surface area (Å²) >= 11 is 0. The quantitative estimate of drug-likeness (QED) is 0.805. The minimum absolute atomic E-state index is 0.138. The molecule has 2 heterocycles. The normalized spacial score (nSPS) is 22.8. The predicted molar refractivity (Wildman–Crippen MR) is 70.9 cm³/mol. The maximum atomic E-state index is 12.2. The summed E-state index contributed by atoms with van der Waals surface area (Å²) in [7, 11) is 0. The number of amides is 3. The van der Waals surface area contributed by atoms with E-state index in [1.165, 1.54) is 4.90 Å². The van der Waals surface area contributed by atoms with Crippen molar-refractivity contribution in [3.8, 4) is 0 Å². The number of hydrogen-bond donors (Lipinski definition) is 1. The Morgan fingerprint density at radius 1 is 1.40 bits per heavy atom. The highest BCUT2D eigenvalue weighted by molar-refractivity contribution is 6.04. The van der Waals surface area contributed by atoms with E-state index in [0.29, 0.717) is 18.9 Å². The first-order valence-electron chi connectivity index (χ1n) is 7.07. The van der Waals surface area contributed by atoms with Gasteiger partial charge in [-0.2, -0.15) is 0 Å². The van der Waals surface area contributed by atoms with Crippen LogP contribution in [0.4, 0.5) is 4.79 Å². The molecular weight excluding hydrogens is 258 g/mol. The van der Waals surface area contributed by atoms with Gasteiger partial charge in [-0.25, -0.2) is 9.48 Å². The molecule has 1 saturated heterocycles. The number of urea groups is 1. The topological polar surface area (TPSA) is 80.1 Å². The highest BCUT2D eigenvalue weighted by Gasteiger charge is 2.40. The molecule has 2 aliphatic rings. The van der Waals surface area contributed by atoms with Crippen LogP contribution in [0.3, 0.4) is 0 Å². The average Bonchev–Trinajstić information content (AvgIpc) is 3.03. The molecule has 1 atom stereocenters. The fourth-order valence-corrected chi connectivity index (χ4v) is 2.32. The molecular formula is C13H19N5O2. The largest absolute Gasteiger partial charge is 0.325 e. The van der Waals surface area contributed by atoms with Gasteiger partial charge in [0.1, 0.15) is 6.04 Å². The highest BCUT2D eigenvalue weighted by Crippen LogP contribution is 2.30. The summed E-state index contributed by atoms with van der Waals surface area (Å²) < 4.78 is 1.75. The molecule has 2 fully saturated rings. The van der Waals surface area contributed by atoms with Crippen molar-refractivity contribution in [1.82, 2.24) is 25.2 Å². The van der Waals surface area contributed by atoms with E-state index >= 15 is 0 Å². The van der Waals surface area contributed by atoms with Crippen molar-refractivity contribution >= 4 is 11.9 Å². The molecule has 0 unspecified atom stereocenters. The van der Waals surface area contributed by atoms with Crippen LogP contribution in [-0.4, -0.2) is 44.4 Å². The summed E-state index contributed by atoms with van der Waals surface area (Å²) in [4.78, 5) is 25.4. The molecule has 0 bridgehead atoms. The fourth-order valence-electron chi connectivity index (χ4n) is 2.32. The van der Waals surface area contributed by atoms with Crippen LogP contribution in [-0.2, 0) is 11.2 Å². The Hall–Kier alpha value is -1.92. The maximum absolute atomic E-state index is 12.2. The van der Waals surface area contributed by atoms with Crippen LogP contribution in [0.5, 0.6) is 0 Å². The number of nitrogens with zero attached hydrogens (tertiary/aromatic N) is 4. The number of aromatic nitrogens is 3. The van der Waals surface area contributed by atoms with Gasteiger partial charge in [0.2, 0.25) is 0 Å². The smallest absolute Gasteiger partial charge is 0.324 e. The van der Waals surface area contributed by atoms with Crippen molar-refractivity contribution in [3.05, 3.63) is 11.9 Å². The Balaban J connectivity index is 1.65. The SMILES string of the molecule is CC(C)n1cc(C[C@H]2NC(=O)N(CC3CC3)C2=O)nn1. The van der Waals surface area contributed by atoms with Gasteiger partial charge in [0.05, 0.1) is 5.69 Å². The first kappa shape index (κ1) is 13.1. The van der Waals surface area contributed by atoms with Crippen LogP contribution in [0.15, 0.2) is 6.20 Å². The van der Waals surface area contributed by atoms with Gasteiger partial charge < -0.3 is 5.32 Å². The van der Waals surface area contributed by atoms with Gasteiger partial charge in [0, 0.05) is 25.2 Å². The molecule has 1 saturated carbocycles. The molecule has 1 N–H and O–H groups in total. The summed E-state index contributed by atoms with van der Waals surface area (Å²) in [5, 5.41) is 10.8. The Morgan fingerprint density at radius 3 is 2.75 bits per heavy atom. The fraction of sp³-hybridized carbons (Fsp3) is 0.692. The van der Waals surface area contributed by atoms with Crippen LogP contribution in [0.25, 0.3) is 0 Å². The number of carbonyl (C=O) groups is 2. The second-order valence-electron chi connectivity index (χ2n) is 5.88. The van der Waals surface area contributed by atoms with Crippen LogP contribution in [0, 0.1) is 5.92 Å². The van der Waals surface area contributed by atoms with E-state index in [-0.39, 0.29) is 18.0 Å². The van der Waals surface area contributed by atoms with Gasteiger partial charge in [-0.1, -0.05) is 5.21 Å². The van der Waals surface area contributed by atoms with Crippen molar-refractivity contribution in [3.63, 3.8) is 0 Å². The monoisotopic (exact) mass is 277 g/mol. The molecule has 7 nitrogen and oxygen atoms in total. The van der Waals surface area contributed by atoms with Crippen molar-refractivity contribution in [2.75, 3.05) is 6.54 Å². The highest BCUT2D eigenvalue weighted by atomic mass is 16.2. The lowest BCUT2D eigenvalue weighted by Gasteiger charge is -2.11. The minimum Gasteiger partial charge on any atom is -0.325 e. The van der Waals surface area contributed by atoms with Crippen LogP contribution in [0.1, 0.15) is 38.4 Å². The van der Waals surface area contributed by atoms with E-state index in [9.17, 15) is 9.59 Å². The molecule has 0 spiro atoms. The second kappa shape index (κ2) is 4.88. The van der Waals surface area contributed by atoms with E-state index in [2.05, 4.69) is 15.6 Å². The Labute approximate surface area is 117 Å². The third kappa shape index (κ3) is 2.52. The van der Waals surface area contributed by atoms with E-state index in [1.807, 2.05) is 20.0 Å². The first-order valence-corrected chi connectivity index (χ1v) is 7.07. The summed E-state index contributed by atoms with van der Waals surface area (Å²) in [5.74, 6) is 0.367. The maximum Gasteiger partial charge on any atom is 0.324 e. The van der Waals surface area contributed by atoms with E-state index < -0.39 is 6.04 Å². The zero-order chi connectivity index (χ0) is 14.3. The zero-order valence-electron chi connectivity index (χ0n) is 11.7. The number of nitrogens with one attached hydrogen (secondary N) is 1. The number of imide groups is 1. The molecule has 7 heteroatoms. The molecule has 1 aromatic rings. The van der Waals surface area contributed by atoms with Gasteiger partial charge in [-0.15, -0.1) is 5.10 Å². The minimum atomic E-state index is -0.501. The molecule has 0 radical (unpaired) electrons. The first-order chi connectivity index (χ1) is 9.54. The number of hydrogen-bond acceptors (Lipinski definition) is 4. The van der Waals surface area contributed by atoms with Gasteiger partial charge in [-0.05, 0) is 32.6 Å². The molecule has 1 aliphatic carbocycles. The van der Waals surface area contributed by atoms with E-state index in [1.54, 1.807) is 4.68 Å². The van der Waals surface area contributed by atoms with Crippen molar-refractivity contribution < 1.29 is 9.59 Å². The van der Waals surface area contributed by atoms with E-state index in [4.69, 9.17) is 0 Å². The Morgan fingerprint density at radius 2 is 2.15 bits per heavy atom. The molecule has 3 rings (SSSR count). The summed E-state index contributed by atoms with van der Waals surface area (Å²) in [5.41, 5.74) is 0.727. The third-order valence-corrected chi connectivity index (χ3v) is 3.74. The van der Waals surface area contributed by atoms with Crippen LogP contribution >= 0.6 is 0 Å². The summed E-state index contributed by atoms with van der Waals surface area (Å²) in [6, 6.07) is -0.543. The Bertz CT molecular complexity index is 535. The molecule has 0 aromatic carbocycles. The molecule has 20 heavy (non-hydrogen) atoms.